The molecule has 0 unspecified atom stereocenters. The lowest BCUT2D eigenvalue weighted by molar-refractivity contribution is 0.408. The Hall–Kier alpha value is -1.09. The lowest BCUT2D eigenvalue weighted by Gasteiger charge is -2.16. The molecule has 1 fully saturated rings. The van der Waals surface area contributed by atoms with Gasteiger partial charge in [-0.15, -0.1) is 11.6 Å². The highest BCUT2D eigenvalue weighted by Gasteiger charge is 2.41. The Morgan fingerprint density at radius 3 is 2.84 bits per heavy atom. The van der Waals surface area contributed by atoms with Crippen LogP contribution in [-0.2, 0) is 13.0 Å². The Balaban J connectivity index is 2.08. The molecule has 102 valence electrons. The predicted octanol–water partition coefficient (Wildman–Crippen LogP) is 4.15. The molecule has 1 aliphatic rings. The van der Waals surface area contributed by atoms with Crippen molar-refractivity contribution >= 4 is 22.6 Å². The molecule has 4 heteroatoms. The minimum atomic E-state index is -0.242. The predicted molar refractivity (Wildman–Crippen MR) is 76.1 cm³/mol. The van der Waals surface area contributed by atoms with Crippen LogP contribution in [0.1, 0.15) is 32.0 Å². The van der Waals surface area contributed by atoms with Crippen LogP contribution >= 0.6 is 11.6 Å². The van der Waals surface area contributed by atoms with Gasteiger partial charge < -0.3 is 4.57 Å². The Kier molecular flexibility index (Phi) is 3.25. The average Bonchev–Trinajstić information content (AvgIpc) is 3.10. The van der Waals surface area contributed by atoms with Crippen LogP contribution in [0.4, 0.5) is 4.39 Å². The molecule has 0 spiro atoms. The van der Waals surface area contributed by atoms with Gasteiger partial charge in [0.15, 0.2) is 5.82 Å². The fourth-order valence-electron chi connectivity index (χ4n) is 2.75. The summed E-state index contributed by atoms with van der Waals surface area (Å²) < 4.78 is 16.0. The van der Waals surface area contributed by atoms with E-state index in [0.29, 0.717) is 23.2 Å². The highest BCUT2D eigenvalue weighted by molar-refractivity contribution is 6.17. The summed E-state index contributed by atoms with van der Waals surface area (Å²) in [6.45, 7) is 3.17. The van der Waals surface area contributed by atoms with Gasteiger partial charge in [0.25, 0.3) is 0 Å². The zero-order valence-electron chi connectivity index (χ0n) is 11.1. The minimum Gasteiger partial charge on any atom is -0.327 e. The van der Waals surface area contributed by atoms with Crippen LogP contribution in [0.3, 0.4) is 0 Å². The third-order valence-corrected chi connectivity index (χ3v) is 4.52. The van der Waals surface area contributed by atoms with E-state index in [9.17, 15) is 4.39 Å². The fourth-order valence-corrected chi connectivity index (χ4v) is 2.92. The Labute approximate surface area is 117 Å². The van der Waals surface area contributed by atoms with E-state index in [1.54, 1.807) is 6.07 Å². The zero-order chi connectivity index (χ0) is 13.5. The summed E-state index contributed by atoms with van der Waals surface area (Å²) in [6, 6.07) is 5.18. The summed E-state index contributed by atoms with van der Waals surface area (Å²) >= 11 is 5.85. The van der Waals surface area contributed by atoms with Gasteiger partial charge in [0.2, 0.25) is 0 Å². The second kappa shape index (κ2) is 4.78. The fraction of sp³-hybridized carbons (Fsp3) is 0.533. The number of fused-ring (bicyclic) bond motifs is 1. The molecular weight excluding hydrogens is 263 g/mol. The van der Waals surface area contributed by atoms with Gasteiger partial charge >= 0.3 is 0 Å². The topological polar surface area (TPSA) is 17.8 Å². The number of benzene rings is 1. The summed E-state index contributed by atoms with van der Waals surface area (Å²) in [4.78, 5) is 4.45. The molecular formula is C15H18ClFN2. The summed E-state index contributed by atoms with van der Waals surface area (Å²) in [7, 11) is 0. The van der Waals surface area contributed by atoms with Gasteiger partial charge in [0.05, 0.1) is 5.52 Å². The smallest absolute Gasteiger partial charge is 0.151 e. The number of aryl methyl sites for hydroxylation is 1. The normalized spacial score (nSPS) is 17.0. The number of hydrogen-bond acceptors (Lipinski definition) is 1. The Bertz CT molecular complexity index is 601. The van der Waals surface area contributed by atoms with Crippen LogP contribution in [0.15, 0.2) is 18.2 Å². The van der Waals surface area contributed by atoms with E-state index in [4.69, 9.17) is 11.6 Å². The molecule has 0 radical (unpaired) electrons. The van der Waals surface area contributed by atoms with Crippen LogP contribution in [-0.4, -0.2) is 15.4 Å². The SMILES string of the molecule is CCC1(Cn2c(CCCl)nc3c(F)cccc32)CC1. The second-order valence-electron chi connectivity index (χ2n) is 5.51. The van der Waals surface area contributed by atoms with E-state index >= 15 is 0 Å². The molecule has 3 rings (SSSR count). The summed E-state index contributed by atoms with van der Waals surface area (Å²) in [5, 5.41) is 0. The molecule has 1 aromatic carbocycles. The minimum absolute atomic E-state index is 0.242. The number of imidazole rings is 1. The molecule has 0 N–H and O–H groups in total. The highest BCUT2D eigenvalue weighted by atomic mass is 35.5. The molecule has 0 amide bonds. The first kappa shape index (κ1) is 12.9. The number of alkyl halides is 1. The maximum atomic E-state index is 13.8. The van der Waals surface area contributed by atoms with E-state index in [1.807, 2.05) is 6.07 Å². The number of hydrogen-bond donors (Lipinski definition) is 0. The number of rotatable bonds is 5. The van der Waals surface area contributed by atoms with Crippen molar-refractivity contribution < 1.29 is 4.39 Å². The molecule has 1 saturated carbocycles. The van der Waals surface area contributed by atoms with Gasteiger partial charge in [-0.25, -0.2) is 9.37 Å². The molecule has 1 aromatic heterocycles. The molecule has 0 saturated heterocycles. The first-order valence-corrected chi connectivity index (χ1v) is 7.42. The molecule has 0 bridgehead atoms. The molecule has 1 aliphatic carbocycles. The zero-order valence-corrected chi connectivity index (χ0v) is 11.9. The van der Waals surface area contributed by atoms with E-state index in [0.717, 1.165) is 17.9 Å². The van der Waals surface area contributed by atoms with Crippen LogP contribution in [0.2, 0.25) is 0 Å². The molecule has 0 atom stereocenters. The quantitative estimate of drug-likeness (QED) is 0.753. The summed E-state index contributed by atoms with van der Waals surface area (Å²) in [5.74, 6) is 1.19. The molecule has 19 heavy (non-hydrogen) atoms. The van der Waals surface area contributed by atoms with E-state index in [2.05, 4.69) is 16.5 Å². The second-order valence-corrected chi connectivity index (χ2v) is 5.89. The van der Waals surface area contributed by atoms with E-state index in [1.165, 1.54) is 25.3 Å². The average molecular weight is 281 g/mol. The standard InChI is InChI=1S/C15H18ClFN2/c1-2-15(7-8-15)10-19-12-5-3-4-11(17)14(12)18-13(19)6-9-16/h3-5H,2,6-10H2,1H3. The number of nitrogens with zero attached hydrogens (tertiary/aromatic N) is 2. The Morgan fingerprint density at radius 1 is 1.42 bits per heavy atom. The van der Waals surface area contributed by atoms with Gasteiger partial charge in [-0.1, -0.05) is 13.0 Å². The van der Waals surface area contributed by atoms with Gasteiger partial charge in [-0.05, 0) is 36.8 Å². The lowest BCUT2D eigenvalue weighted by Crippen LogP contribution is -2.13. The number of halogens is 2. The summed E-state index contributed by atoms with van der Waals surface area (Å²) in [6.07, 6.45) is 4.38. The van der Waals surface area contributed by atoms with Crippen LogP contribution in [0, 0.1) is 11.2 Å². The van der Waals surface area contributed by atoms with Gasteiger partial charge in [0.1, 0.15) is 11.3 Å². The molecule has 2 aromatic rings. The highest BCUT2D eigenvalue weighted by Crippen LogP contribution is 2.50. The Morgan fingerprint density at radius 2 is 2.21 bits per heavy atom. The first-order chi connectivity index (χ1) is 9.19. The maximum Gasteiger partial charge on any atom is 0.151 e. The van der Waals surface area contributed by atoms with Crippen LogP contribution in [0.5, 0.6) is 0 Å². The van der Waals surface area contributed by atoms with Crippen LogP contribution in [0.25, 0.3) is 11.0 Å². The maximum absolute atomic E-state index is 13.8. The third kappa shape index (κ3) is 2.25. The molecule has 1 heterocycles. The van der Waals surface area contributed by atoms with Crippen molar-refractivity contribution in [1.82, 2.24) is 9.55 Å². The monoisotopic (exact) mass is 280 g/mol. The van der Waals surface area contributed by atoms with Gasteiger partial charge in [-0.3, -0.25) is 0 Å². The molecule has 2 nitrogen and oxygen atoms in total. The first-order valence-electron chi connectivity index (χ1n) is 6.89. The van der Waals surface area contributed by atoms with Gasteiger partial charge in [-0.2, -0.15) is 0 Å². The largest absolute Gasteiger partial charge is 0.327 e. The third-order valence-electron chi connectivity index (χ3n) is 4.33. The van der Waals surface area contributed by atoms with Crippen molar-refractivity contribution in [1.29, 1.82) is 0 Å². The van der Waals surface area contributed by atoms with Crippen molar-refractivity contribution in [2.24, 2.45) is 5.41 Å². The van der Waals surface area contributed by atoms with Crippen molar-refractivity contribution in [3.8, 4) is 0 Å². The van der Waals surface area contributed by atoms with Gasteiger partial charge in [0, 0.05) is 18.8 Å². The van der Waals surface area contributed by atoms with Crippen molar-refractivity contribution in [3.05, 3.63) is 29.8 Å². The molecule has 0 aliphatic heterocycles. The van der Waals surface area contributed by atoms with Crippen molar-refractivity contribution in [3.63, 3.8) is 0 Å². The van der Waals surface area contributed by atoms with Crippen LogP contribution < -0.4 is 0 Å². The van der Waals surface area contributed by atoms with E-state index in [-0.39, 0.29) is 5.82 Å². The van der Waals surface area contributed by atoms with Crippen molar-refractivity contribution in [2.75, 3.05) is 5.88 Å². The van der Waals surface area contributed by atoms with E-state index < -0.39 is 0 Å². The number of para-hydroxylation sites is 1. The lowest BCUT2D eigenvalue weighted by atomic mass is 10.0. The number of aromatic nitrogens is 2. The van der Waals surface area contributed by atoms with Crippen molar-refractivity contribution in [2.45, 2.75) is 39.2 Å². The summed E-state index contributed by atoms with van der Waals surface area (Å²) in [5.41, 5.74) is 1.79.